The number of piperidine rings is 1. The Kier molecular flexibility index (Phi) is 4.46. The van der Waals surface area contributed by atoms with Gasteiger partial charge in [0.15, 0.2) is 5.82 Å². The van der Waals surface area contributed by atoms with Crippen molar-refractivity contribution in [3.05, 3.63) is 36.7 Å². The number of urea groups is 1. The fourth-order valence-corrected chi connectivity index (χ4v) is 3.91. The van der Waals surface area contributed by atoms with E-state index in [9.17, 15) is 4.79 Å². The van der Waals surface area contributed by atoms with Gasteiger partial charge in [0.05, 0.1) is 11.4 Å². The summed E-state index contributed by atoms with van der Waals surface area (Å²) in [5, 5.41) is 6.36. The van der Waals surface area contributed by atoms with E-state index in [0.717, 1.165) is 43.9 Å². The predicted octanol–water partition coefficient (Wildman–Crippen LogP) is 2.33. The Morgan fingerprint density at radius 2 is 2.23 bits per heavy atom. The van der Waals surface area contributed by atoms with E-state index in [1.807, 2.05) is 23.1 Å². The quantitative estimate of drug-likeness (QED) is 0.771. The molecule has 2 saturated heterocycles. The molecule has 2 amide bonds. The molecule has 0 bridgehead atoms. The molecule has 2 fully saturated rings. The molecule has 26 heavy (non-hydrogen) atoms. The Morgan fingerprint density at radius 3 is 3.00 bits per heavy atom. The van der Waals surface area contributed by atoms with E-state index >= 15 is 0 Å². The Labute approximate surface area is 153 Å². The van der Waals surface area contributed by atoms with Crippen LogP contribution in [0, 0.1) is 5.41 Å². The molecule has 0 aliphatic carbocycles. The van der Waals surface area contributed by atoms with Crippen LogP contribution < -0.4 is 16.4 Å². The first kappa shape index (κ1) is 16.8. The lowest BCUT2D eigenvalue weighted by Crippen LogP contribution is -2.43. The summed E-state index contributed by atoms with van der Waals surface area (Å²) in [6.45, 7) is 3.63. The van der Waals surface area contributed by atoms with Crippen LogP contribution in [0.4, 0.5) is 16.3 Å². The first-order valence-electron chi connectivity index (χ1n) is 9.09. The number of hydrogen-bond donors (Lipinski definition) is 3. The number of nitrogens with one attached hydrogen (secondary N) is 2. The summed E-state index contributed by atoms with van der Waals surface area (Å²) < 4.78 is 0. The molecule has 4 rings (SSSR count). The molecular weight excluding hydrogens is 328 g/mol. The number of anilines is 2. The van der Waals surface area contributed by atoms with E-state index in [0.29, 0.717) is 11.5 Å². The number of hydrogen-bond acceptors (Lipinski definition) is 5. The van der Waals surface area contributed by atoms with Gasteiger partial charge in [0.1, 0.15) is 0 Å². The fourth-order valence-electron chi connectivity index (χ4n) is 3.91. The van der Waals surface area contributed by atoms with E-state index in [2.05, 4.69) is 20.6 Å². The summed E-state index contributed by atoms with van der Waals surface area (Å²) in [7, 11) is 0. The lowest BCUT2D eigenvalue weighted by molar-refractivity contribution is 0.195. The smallest absolute Gasteiger partial charge is 0.323 e. The van der Waals surface area contributed by atoms with E-state index in [-0.39, 0.29) is 11.4 Å². The molecule has 0 radical (unpaired) electrons. The number of nitrogens with zero attached hydrogens (tertiary/aromatic N) is 3. The van der Waals surface area contributed by atoms with Crippen LogP contribution in [0.25, 0.3) is 11.3 Å². The highest BCUT2D eigenvalue weighted by Gasteiger charge is 2.40. The first-order chi connectivity index (χ1) is 12.7. The van der Waals surface area contributed by atoms with Crippen molar-refractivity contribution in [1.82, 2.24) is 20.2 Å². The topological polar surface area (TPSA) is 96.2 Å². The number of nitrogen functional groups attached to an aromatic ring is 1. The van der Waals surface area contributed by atoms with Gasteiger partial charge in [0.2, 0.25) is 0 Å². The monoisotopic (exact) mass is 352 g/mol. The van der Waals surface area contributed by atoms with Gasteiger partial charge in [-0.3, -0.25) is 10.3 Å². The maximum Gasteiger partial charge on any atom is 0.323 e. The van der Waals surface area contributed by atoms with E-state index in [1.165, 1.54) is 12.8 Å². The summed E-state index contributed by atoms with van der Waals surface area (Å²) in [5.41, 5.74) is 8.33. The highest BCUT2D eigenvalue weighted by molar-refractivity contribution is 5.92. The number of likely N-dealkylation sites (tertiary alicyclic amines) is 1. The zero-order valence-electron chi connectivity index (χ0n) is 14.7. The van der Waals surface area contributed by atoms with Crippen LogP contribution in [0.1, 0.15) is 19.3 Å². The van der Waals surface area contributed by atoms with Crippen molar-refractivity contribution in [3.63, 3.8) is 0 Å². The number of carbonyl (C=O) groups excluding carboxylic acids is 1. The summed E-state index contributed by atoms with van der Waals surface area (Å²) in [5.74, 6) is 0.402. The molecule has 136 valence electrons. The number of nitrogens with two attached hydrogens (primary N) is 1. The molecular formula is C19H24N6O. The second-order valence-corrected chi connectivity index (χ2v) is 7.26. The molecule has 1 spiro atoms. The van der Waals surface area contributed by atoms with Crippen LogP contribution in [0.15, 0.2) is 36.7 Å². The number of aromatic nitrogens is 2. The largest absolute Gasteiger partial charge is 0.396 e. The van der Waals surface area contributed by atoms with Crippen LogP contribution in [0.3, 0.4) is 0 Å². The molecule has 7 nitrogen and oxygen atoms in total. The van der Waals surface area contributed by atoms with E-state index < -0.39 is 0 Å². The Balaban J connectivity index is 1.48. The number of pyridine rings is 2. The summed E-state index contributed by atoms with van der Waals surface area (Å²) in [6, 6.07) is 7.25. The third-order valence-electron chi connectivity index (χ3n) is 5.40. The normalized spacial score (nSPS) is 22.5. The number of carbonyl (C=O) groups is 1. The first-order valence-corrected chi connectivity index (χ1v) is 9.09. The van der Waals surface area contributed by atoms with Gasteiger partial charge in [0.25, 0.3) is 0 Å². The van der Waals surface area contributed by atoms with Gasteiger partial charge in [-0.15, -0.1) is 0 Å². The highest BCUT2D eigenvalue weighted by atomic mass is 16.2. The molecule has 1 unspecified atom stereocenters. The molecule has 2 aromatic rings. The summed E-state index contributed by atoms with van der Waals surface area (Å²) >= 11 is 0. The zero-order chi connectivity index (χ0) is 18.0. The second kappa shape index (κ2) is 6.92. The standard InChI is InChI=1S/C19H24N6O/c20-15-4-5-16(14-3-1-8-21-11-14)23-17(15)24-18(26)25-10-7-19(13-25)6-2-9-22-12-19/h1,3-5,8,11,22H,2,6-7,9-10,12-13,20H2,(H,23,24,26). The lowest BCUT2D eigenvalue weighted by Gasteiger charge is -2.33. The molecule has 1 atom stereocenters. The van der Waals surface area contributed by atoms with Crippen molar-refractivity contribution in [1.29, 1.82) is 0 Å². The van der Waals surface area contributed by atoms with Gasteiger partial charge in [-0.1, -0.05) is 0 Å². The highest BCUT2D eigenvalue weighted by Crippen LogP contribution is 2.36. The molecule has 2 aliphatic rings. The molecule has 7 heteroatoms. The van der Waals surface area contributed by atoms with Crippen LogP contribution in [0.2, 0.25) is 0 Å². The van der Waals surface area contributed by atoms with E-state index in [4.69, 9.17) is 5.73 Å². The third kappa shape index (κ3) is 3.35. The maximum atomic E-state index is 12.7. The Morgan fingerprint density at radius 1 is 1.31 bits per heavy atom. The van der Waals surface area contributed by atoms with Crippen molar-refractivity contribution >= 4 is 17.5 Å². The predicted molar refractivity (Wildman–Crippen MR) is 102 cm³/mol. The minimum absolute atomic E-state index is 0.130. The van der Waals surface area contributed by atoms with Crippen LogP contribution in [-0.4, -0.2) is 47.1 Å². The van der Waals surface area contributed by atoms with Gasteiger partial charge in [-0.05, 0) is 50.1 Å². The second-order valence-electron chi connectivity index (χ2n) is 7.26. The Hall–Kier alpha value is -2.67. The van der Waals surface area contributed by atoms with Crippen molar-refractivity contribution in [2.45, 2.75) is 19.3 Å². The maximum absolute atomic E-state index is 12.7. The molecule has 4 heterocycles. The minimum atomic E-state index is -0.130. The van der Waals surface area contributed by atoms with Crippen LogP contribution in [0.5, 0.6) is 0 Å². The fraction of sp³-hybridized carbons (Fsp3) is 0.421. The summed E-state index contributed by atoms with van der Waals surface area (Å²) in [6.07, 6.45) is 6.86. The van der Waals surface area contributed by atoms with Crippen molar-refractivity contribution in [2.75, 3.05) is 37.2 Å². The minimum Gasteiger partial charge on any atom is -0.396 e. The number of amides is 2. The average Bonchev–Trinajstić information content (AvgIpc) is 3.08. The van der Waals surface area contributed by atoms with Gasteiger partial charge in [-0.25, -0.2) is 9.78 Å². The van der Waals surface area contributed by atoms with Gasteiger partial charge in [0, 0.05) is 43.0 Å². The van der Waals surface area contributed by atoms with Crippen molar-refractivity contribution in [2.24, 2.45) is 5.41 Å². The molecule has 0 saturated carbocycles. The third-order valence-corrected chi connectivity index (χ3v) is 5.40. The molecule has 4 N–H and O–H groups in total. The van der Waals surface area contributed by atoms with Crippen molar-refractivity contribution in [3.8, 4) is 11.3 Å². The SMILES string of the molecule is Nc1ccc(-c2cccnc2)nc1NC(=O)N1CCC2(CCCNC2)C1. The zero-order valence-corrected chi connectivity index (χ0v) is 14.7. The molecule has 2 aliphatic heterocycles. The van der Waals surface area contributed by atoms with Gasteiger partial charge in [-0.2, -0.15) is 0 Å². The van der Waals surface area contributed by atoms with Gasteiger partial charge >= 0.3 is 6.03 Å². The van der Waals surface area contributed by atoms with Crippen LogP contribution in [-0.2, 0) is 0 Å². The van der Waals surface area contributed by atoms with Gasteiger partial charge < -0.3 is 16.0 Å². The molecule has 2 aromatic heterocycles. The average molecular weight is 352 g/mol. The van der Waals surface area contributed by atoms with Crippen LogP contribution >= 0.6 is 0 Å². The summed E-state index contributed by atoms with van der Waals surface area (Å²) in [4.78, 5) is 23.2. The number of rotatable bonds is 2. The molecule has 0 aromatic carbocycles. The van der Waals surface area contributed by atoms with Crippen molar-refractivity contribution < 1.29 is 4.79 Å². The lowest BCUT2D eigenvalue weighted by atomic mass is 9.80. The van der Waals surface area contributed by atoms with E-state index in [1.54, 1.807) is 18.5 Å². The Bertz CT molecular complexity index is 788.